The predicted molar refractivity (Wildman–Crippen MR) is 60.8 cm³/mol. The number of rotatable bonds is 1. The molecule has 0 spiro atoms. The summed E-state index contributed by atoms with van der Waals surface area (Å²) in [6.45, 7) is 3.66. The van der Waals surface area contributed by atoms with Crippen LogP contribution in [0, 0.1) is 19.7 Å². The standard InChI is InChI=1S/C11H10ClFN2O/c1-5-3-8(12)10(13)9(6(5)2)7-4-15-16-11(7)14/h3-4H,14H2,1-2H3. The van der Waals surface area contributed by atoms with Gasteiger partial charge in [0.1, 0.15) is 5.82 Å². The smallest absolute Gasteiger partial charge is 0.230 e. The van der Waals surface area contributed by atoms with Crippen LogP contribution in [0.5, 0.6) is 0 Å². The maximum atomic E-state index is 13.9. The number of nitrogen functional groups attached to an aromatic ring is 1. The summed E-state index contributed by atoms with van der Waals surface area (Å²) < 4.78 is 18.7. The second-order valence-electron chi connectivity index (χ2n) is 3.59. The highest BCUT2D eigenvalue weighted by Gasteiger charge is 2.18. The van der Waals surface area contributed by atoms with Crippen LogP contribution in [-0.2, 0) is 0 Å². The lowest BCUT2D eigenvalue weighted by Gasteiger charge is -2.10. The Balaban J connectivity index is 2.79. The van der Waals surface area contributed by atoms with Crippen LogP contribution in [0.4, 0.5) is 10.3 Å². The predicted octanol–water partition coefficient (Wildman–Crippen LogP) is 3.33. The minimum Gasteiger partial charge on any atom is -0.367 e. The van der Waals surface area contributed by atoms with Gasteiger partial charge in [0, 0.05) is 5.56 Å². The van der Waals surface area contributed by atoms with E-state index >= 15 is 0 Å². The molecule has 0 aliphatic carbocycles. The summed E-state index contributed by atoms with van der Waals surface area (Å²) in [6, 6.07) is 1.58. The maximum Gasteiger partial charge on any atom is 0.230 e. The van der Waals surface area contributed by atoms with E-state index in [1.807, 2.05) is 6.92 Å². The van der Waals surface area contributed by atoms with Gasteiger partial charge in [-0.15, -0.1) is 0 Å². The van der Waals surface area contributed by atoms with Crippen LogP contribution >= 0.6 is 11.6 Å². The Hall–Kier alpha value is -1.55. The molecule has 16 heavy (non-hydrogen) atoms. The molecule has 0 aliphatic heterocycles. The fraction of sp³-hybridized carbons (Fsp3) is 0.182. The van der Waals surface area contributed by atoms with E-state index in [-0.39, 0.29) is 10.9 Å². The van der Waals surface area contributed by atoms with Crippen LogP contribution in [0.25, 0.3) is 11.1 Å². The summed E-state index contributed by atoms with van der Waals surface area (Å²) in [5, 5.41) is 3.60. The molecule has 1 aromatic heterocycles. The van der Waals surface area contributed by atoms with E-state index in [9.17, 15) is 4.39 Å². The molecular formula is C11H10ClFN2O. The van der Waals surface area contributed by atoms with Gasteiger partial charge in [-0.3, -0.25) is 0 Å². The van der Waals surface area contributed by atoms with E-state index in [1.165, 1.54) is 6.20 Å². The Morgan fingerprint density at radius 1 is 1.44 bits per heavy atom. The number of nitrogens with two attached hydrogens (primary N) is 1. The zero-order valence-electron chi connectivity index (χ0n) is 8.84. The highest BCUT2D eigenvalue weighted by atomic mass is 35.5. The van der Waals surface area contributed by atoms with Crippen molar-refractivity contribution >= 4 is 17.5 Å². The lowest BCUT2D eigenvalue weighted by molar-refractivity contribution is 0.436. The fourth-order valence-corrected chi connectivity index (χ4v) is 1.86. The Labute approximate surface area is 97.0 Å². The van der Waals surface area contributed by atoms with Crippen LogP contribution in [-0.4, -0.2) is 5.16 Å². The van der Waals surface area contributed by atoms with Crippen molar-refractivity contribution in [2.24, 2.45) is 0 Å². The molecule has 0 saturated carbocycles. The average molecular weight is 241 g/mol. The Morgan fingerprint density at radius 3 is 2.69 bits per heavy atom. The van der Waals surface area contributed by atoms with Gasteiger partial charge < -0.3 is 10.3 Å². The molecule has 0 atom stereocenters. The molecule has 2 rings (SSSR count). The van der Waals surface area contributed by atoms with Crippen molar-refractivity contribution in [3.05, 3.63) is 34.2 Å². The molecule has 0 fully saturated rings. The van der Waals surface area contributed by atoms with Gasteiger partial charge in [0.15, 0.2) is 0 Å². The molecule has 0 bridgehead atoms. The highest BCUT2D eigenvalue weighted by Crippen LogP contribution is 2.35. The zero-order chi connectivity index (χ0) is 11.9. The molecule has 5 heteroatoms. The number of nitrogens with zero attached hydrogens (tertiary/aromatic N) is 1. The first-order chi connectivity index (χ1) is 7.52. The Bertz CT molecular complexity index is 525. The van der Waals surface area contributed by atoms with Crippen LogP contribution in [0.15, 0.2) is 16.8 Å². The van der Waals surface area contributed by atoms with Crippen molar-refractivity contribution in [3.63, 3.8) is 0 Å². The van der Waals surface area contributed by atoms with Crippen molar-refractivity contribution in [3.8, 4) is 11.1 Å². The Morgan fingerprint density at radius 2 is 2.12 bits per heavy atom. The molecule has 84 valence electrons. The highest BCUT2D eigenvalue weighted by molar-refractivity contribution is 6.31. The minimum atomic E-state index is -0.500. The molecule has 2 N–H and O–H groups in total. The molecule has 0 amide bonds. The zero-order valence-corrected chi connectivity index (χ0v) is 9.60. The van der Waals surface area contributed by atoms with Crippen molar-refractivity contribution in [2.75, 3.05) is 5.73 Å². The normalized spacial score (nSPS) is 10.8. The van der Waals surface area contributed by atoms with Crippen molar-refractivity contribution in [2.45, 2.75) is 13.8 Å². The summed E-state index contributed by atoms with van der Waals surface area (Å²) in [5.41, 5.74) is 8.02. The van der Waals surface area contributed by atoms with E-state index in [0.29, 0.717) is 11.1 Å². The van der Waals surface area contributed by atoms with Crippen LogP contribution in [0.1, 0.15) is 11.1 Å². The van der Waals surface area contributed by atoms with Gasteiger partial charge in [0.05, 0.1) is 16.8 Å². The first-order valence-corrected chi connectivity index (χ1v) is 5.06. The van der Waals surface area contributed by atoms with E-state index in [0.717, 1.165) is 11.1 Å². The van der Waals surface area contributed by atoms with Crippen molar-refractivity contribution in [1.82, 2.24) is 5.16 Å². The topological polar surface area (TPSA) is 52.0 Å². The lowest BCUT2D eigenvalue weighted by Crippen LogP contribution is -1.95. The summed E-state index contributed by atoms with van der Waals surface area (Å²) >= 11 is 5.79. The number of aromatic nitrogens is 1. The number of hydrogen-bond acceptors (Lipinski definition) is 3. The van der Waals surface area contributed by atoms with Crippen LogP contribution in [0.3, 0.4) is 0 Å². The number of halogens is 2. The first-order valence-electron chi connectivity index (χ1n) is 4.68. The molecule has 0 aliphatic rings. The van der Waals surface area contributed by atoms with Gasteiger partial charge >= 0.3 is 0 Å². The molecule has 2 aromatic rings. The summed E-state index contributed by atoms with van der Waals surface area (Å²) in [6.07, 6.45) is 1.39. The summed E-state index contributed by atoms with van der Waals surface area (Å²) in [5.74, 6) is -0.414. The third-order valence-corrected chi connectivity index (χ3v) is 2.88. The number of benzene rings is 1. The van der Waals surface area contributed by atoms with Crippen LogP contribution < -0.4 is 5.73 Å². The number of aryl methyl sites for hydroxylation is 1. The SMILES string of the molecule is Cc1cc(Cl)c(F)c(-c2cnoc2N)c1C. The second-order valence-corrected chi connectivity index (χ2v) is 4.00. The van der Waals surface area contributed by atoms with Crippen molar-refractivity contribution < 1.29 is 8.91 Å². The molecular weight excluding hydrogens is 231 g/mol. The van der Waals surface area contributed by atoms with E-state index < -0.39 is 5.82 Å². The van der Waals surface area contributed by atoms with E-state index in [1.54, 1.807) is 13.0 Å². The fourth-order valence-electron chi connectivity index (χ4n) is 1.60. The summed E-state index contributed by atoms with van der Waals surface area (Å²) in [7, 11) is 0. The van der Waals surface area contributed by atoms with E-state index in [2.05, 4.69) is 5.16 Å². The van der Waals surface area contributed by atoms with Crippen LogP contribution in [0.2, 0.25) is 5.02 Å². The Kier molecular flexibility index (Phi) is 2.59. The molecule has 3 nitrogen and oxygen atoms in total. The van der Waals surface area contributed by atoms with Gasteiger partial charge in [-0.1, -0.05) is 16.8 Å². The third-order valence-electron chi connectivity index (χ3n) is 2.61. The molecule has 1 heterocycles. The first kappa shape index (κ1) is 11.0. The average Bonchev–Trinajstić information content (AvgIpc) is 2.63. The monoisotopic (exact) mass is 240 g/mol. The molecule has 0 saturated heterocycles. The van der Waals surface area contributed by atoms with Gasteiger partial charge in [0.25, 0.3) is 0 Å². The van der Waals surface area contributed by atoms with Gasteiger partial charge in [-0.25, -0.2) is 4.39 Å². The van der Waals surface area contributed by atoms with Crippen molar-refractivity contribution in [1.29, 1.82) is 0 Å². The van der Waals surface area contributed by atoms with Gasteiger partial charge in [0.2, 0.25) is 5.88 Å². The van der Waals surface area contributed by atoms with Gasteiger partial charge in [-0.2, -0.15) is 0 Å². The second kappa shape index (κ2) is 3.79. The summed E-state index contributed by atoms with van der Waals surface area (Å²) in [4.78, 5) is 0. The quantitative estimate of drug-likeness (QED) is 0.832. The lowest BCUT2D eigenvalue weighted by atomic mass is 9.98. The molecule has 0 unspecified atom stereocenters. The number of hydrogen-bond donors (Lipinski definition) is 1. The largest absolute Gasteiger partial charge is 0.367 e. The molecule has 0 radical (unpaired) electrons. The third kappa shape index (κ3) is 1.55. The van der Waals surface area contributed by atoms with Gasteiger partial charge in [-0.05, 0) is 31.0 Å². The maximum absolute atomic E-state index is 13.9. The van der Waals surface area contributed by atoms with E-state index in [4.69, 9.17) is 21.9 Å². The molecule has 1 aromatic carbocycles. The number of anilines is 1. The minimum absolute atomic E-state index is 0.0682.